The number of hydrogen-bond donors (Lipinski definition) is 1. The van der Waals surface area contributed by atoms with E-state index in [0.29, 0.717) is 34.0 Å². The first-order valence-corrected chi connectivity index (χ1v) is 12.7. The van der Waals surface area contributed by atoms with Crippen LogP contribution in [0.5, 0.6) is 11.5 Å². The molecule has 2 aromatic carbocycles. The number of aryl methyl sites for hydroxylation is 2. The summed E-state index contributed by atoms with van der Waals surface area (Å²) in [4.78, 5) is 30.4. The fraction of sp³-hybridized carbons (Fsp3) is 0.333. The van der Waals surface area contributed by atoms with Gasteiger partial charge < -0.3 is 14.8 Å². The van der Waals surface area contributed by atoms with Gasteiger partial charge in [-0.2, -0.15) is 5.10 Å². The average molecular weight is 525 g/mol. The molecule has 0 fully saturated rings. The number of aromatic nitrogens is 1. The Morgan fingerprint density at radius 1 is 1.14 bits per heavy atom. The van der Waals surface area contributed by atoms with E-state index in [2.05, 4.69) is 15.4 Å². The second-order valence-corrected chi connectivity index (χ2v) is 9.91. The molecule has 3 aromatic rings. The number of carbonyl (C=O) groups is 2. The minimum Gasteiger partial charge on any atom is -0.492 e. The molecule has 194 valence electrons. The van der Waals surface area contributed by atoms with Crippen LogP contribution in [0.4, 0.5) is 10.1 Å². The first-order chi connectivity index (χ1) is 17.7. The van der Waals surface area contributed by atoms with Crippen molar-refractivity contribution >= 4 is 34.6 Å². The summed E-state index contributed by atoms with van der Waals surface area (Å²) < 4.78 is 25.0. The van der Waals surface area contributed by atoms with Crippen molar-refractivity contribution in [3.8, 4) is 11.5 Å². The summed E-state index contributed by atoms with van der Waals surface area (Å²) in [5.74, 6) is -0.719. The minimum atomic E-state index is -0.534. The molecule has 4 rings (SSSR count). The van der Waals surface area contributed by atoms with Gasteiger partial charge in [0.15, 0.2) is 17.3 Å². The number of thiazole rings is 1. The number of hydrogen-bond acceptors (Lipinski definition) is 7. The molecule has 0 aliphatic carbocycles. The number of anilines is 1. The van der Waals surface area contributed by atoms with Crippen LogP contribution >= 0.6 is 11.3 Å². The Hall–Kier alpha value is -3.79. The summed E-state index contributed by atoms with van der Waals surface area (Å²) in [6.45, 7) is 5.91. The average Bonchev–Trinajstić information content (AvgIpc) is 3.23. The Morgan fingerprint density at radius 2 is 1.84 bits per heavy atom. The van der Waals surface area contributed by atoms with Gasteiger partial charge in [0.05, 0.1) is 37.2 Å². The van der Waals surface area contributed by atoms with E-state index in [1.165, 1.54) is 36.6 Å². The fourth-order valence-electron chi connectivity index (χ4n) is 4.34. The molecule has 1 aromatic heterocycles. The standard InChI is InChI=1S/C27H29FN4O4S/c1-6-18-13-22(33)32(31-23(18)20-11-12-21(28)25(36-5)24(20)35-4)14-17-7-9-19(10-8-17)30-27(34)26-15(2)29-16(3)37-26/h7-12,18H,6,13-14H2,1-5H3,(H,30,34). The lowest BCUT2D eigenvalue weighted by atomic mass is 9.89. The molecule has 1 unspecified atom stereocenters. The van der Waals surface area contributed by atoms with Gasteiger partial charge in [0.2, 0.25) is 5.91 Å². The van der Waals surface area contributed by atoms with Gasteiger partial charge in [-0.15, -0.1) is 11.3 Å². The molecule has 8 nitrogen and oxygen atoms in total. The number of rotatable bonds is 8. The number of ether oxygens (including phenoxy) is 2. The van der Waals surface area contributed by atoms with Crippen LogP contribution in [0.1, 0.15) is 51.3 Å². The van der Waals surface area contributed by atoms with Gasteiger partial charge >= 0.3 is 0 Å². The number of hydrazone groups is 1. The zero-order valence-electron chi connectivity index (χ0n) is 21.4. The summed E-state index contributed by atoms with van der Waals surface area (Å²) in [5, 5.41) is 9.84. The van der Waals surface area contributed by atoms with E-state index in [1.54, 1.807) is 18.2 Å². The lowest BCUT2D eigenvalue weighted by Gasteiger charge is -2.30. The van der Waals surface area contributed by atoms with Crippen LogP contribution < -0.4 is 14.8 Å². The summed E-state index contributed by atoms with van der Waals surface area (Å²) in [7, 11) is 2.83. The molecule has 1 aliphatic rings. The first kappa shape index (κ1) is 26.3. The van der Waals surface area contributed by atoms with E-state index in [4.69, 9.17) is 9.47 Å². The van der Waals surface area contributed by atoms with Crippen molar-refractivity contribution in [2.45, 2.75) is 40.2 Å². The maximum atomic E-state index is 14.3. The van der Waals surface area contributed by atoms with Crippen LogP contribution in [0.25, 0.3) is 0 Å². The van der Waals surface area contributed by atoms with Gasteiger partial charge in [0, 0.05) is 23.6 Å². The summed E-state index contributed by atoms with van der Waals surface area (Å²) in [5.41, 5.74) is 3.43. The van der Waals surface area contributed by atoms with Crippen LogP contribution in [0, 0.1) is 25.6 Å². The third kappa shape index (κ3) is 5.48. The summed E-state index contributed by atoms with van der Waals surface area (Å²) in [6, 6.07) is 10.2. The van der Waals surface area contributed by atoms with Gasteiger partial charge in [-0.1, -0.05) is 19.1 Å². The van der Waals surface area contributed by atoms with E-state index in [1.807, 2.05) is 32.9 Å². The van der Waals surface area contributed by atoms with Gasteiger partial charge in [0.25, 0.3) is 5.91 Å². The van der Waals surface area contributed by atoms with Crippen LogP contribution in [0.2, 0.25) is 0 Å². The highest BCUT2D eigenvalue weighted by Gasteiger charge is 2.32. The van der Waals surface area contributed by atoms with Gasteiger partial charge in [-0.3, -0.25) is 9.59 Å². The molecular formula is C27H29FN4O4S. The molecule has 1 atom stereocenters. The number of methoxy groups -OCH3 is 2. The van der Waals surface area contributed by atoms with Crippen molar-refractivity contribution in [3.63, 3.8) is 0 Å². The second kappa shape index (κ2) is 11.1. The van der Waals surface area contributed by atoms with Crippen molar-refractivity contribution < 1.29 is 23.5 Å². The zero-order chi connectivity index (χ0) is 26.7. The fourth-order valence-corrected chi connectivity index (χ4v) is 5.16. The van der Waals surface area contributed by atoms with Crippen molar-refractivity contribution in [3.05, 3.63) is 68.9 Å². The van der Waals surface area contributed by atoms with Crippen molar-refractivity contribution in [1.82, 2.24) is 9.99 Å². The monoisotopic (exact) mass is 524 g/mol. The second-order valence-electron chi connectivity index (χ2n) is 8.71. The molecule has 1 N–H and O–H groups in total. The molecule has 0 saturated carbocycles. The maximum Gasteiger partial charge on any atom is 0.267 e. The van der Waals surface area contributed by atoms with E-state index in [0.717, 1.165) is 10.6 Å². The third-order valence-electron chi connectivity index (χ3n) is 6.22. The number of halogens is 1. The van der Waals surface area contributed by atoms with Crippen molar-refractivity contribution in [2.75, 3.05) is 19.5 Å². The molecule has 1 aliphatic heterocycles. The highest BCUT2D eigenvalue weighted by molar-refractivity contribution is 7.13. The normalized spacial score (nSPS) is 15.4. The summed E-state index contributed by atoms with van der Waals surface area (Å²) >= 11 is 1.35. The number of amides is 2. The molecule has 2 heterocycles. The minimum absolute atomic E-state index is 0.00215. The van der Waals surface area contributed by atoms with Crippen LogP contribution in [0.3, 0.4) is 0 Å². The van der Waals surface area contributed by atoms with Gasteiger partial charge in [-0.05, 0) is 50.1 Å². The molecule has 0 bridgehead atoms. The van der Waals surface area contributed by atoms with Gasteiger partial charge in [0.1, 0.15) is 4.88 Å². The molecule has 37 heavy (non-hydrogen) atoms. The third-order valence-corrected chi connectivity index (χ3v) is 7.29. The summed E-state index contributed by atoms with van der Waals surface area (Å²) in [6.07, 6.45) is 0.967. The molecule has 0 saturated heterocycles. The molecular weight excluding hydrogens is 495 g/mol. The molecule has 10 heteroatoms. The highest BCUT2D eigenvalue weighted by atomic mass is 32.1. The Morgan fingerprint density at radius 3 is 2.43 bits per heavy atom. The Kier molecular flexibility index (Phi) is 7.87. The van der Waals surface area contributed by atoms with E-state index >= 15 is 0 Å². The molecule has 2 amide bonds. The smallest absolute Gasteiger partial charge is 0.267 e. The Balaban J connectivity index is 1.56. The number of nitrogens with one attached hydrogen (secondary N) is 1. The predicted octanol–water partition coefficient (Wildman–Crippen LogP) is 5.33. The first-order valence-electron chi connectivity index (χ1n) is 11.9. The number of carbonyl (C=O) groups excluding carboxylic acids is 2. The van der Waals surface area contributed by atoms with Gasteiger partial charge in [-0.25, -0.2) is 14.4 Å². The SMILES string of the molecule is CCC1CC(=O)N(Cc2ccc(NC(=O)c3sc(C)nc3C)cc2)N=C1c1ccc(F)c(OC)c1OC. The van der Waals surface area contributed by atoms with Crippen molar-refractivity contribution in [1.29, 1.82) is 0 Å². The number of benzene rings is 2. The zero-order valence-corrected chi connectivity index (χ0v) is 22.2. The number of nitrogens with zero attached hydrogens (tertiary/aromatic N) is 3. The topological polar surface area (TPSA) is 93.1 Å². The Labute approximate surface area is 219 Å². The highest BCUT2D eigenvalue weighted by Crippen LogP contribution is 2.37. The van der Waals surface area contributed by atoms with Crippen LogP contribution in [0.15, 0.2) is 41.5 Å². The van der Waals surface area contributed by atoms with Crippen molar-refractivity contribution in [2.24, 2.45) is 11.0 Å². The van der Waals surface area contributed by atoms with Crippen LogP contribution in [-0.2, 0) is 11.3 Å². The predicted molar refractivity (Wildman–Crippen MR) is 141 cm³/mol. The Bertz CT molecular complexity index is 1350. The van der Waals surface area contributed by atoms with E-state index in [9.17, 15) is 14.0 Å². The largest absolute Gasteiger partial charge is 0.492 e. The van der Waals surface area contributed by atoms with Crippen LogP contribution in [-0.4, -0.2) is 41.7 Å². The molecule has 0 spiro atoms. The lowest BCUT2D eigenvalue weighted by Crippen LogP contribution is -2.37. The quantitative estimate of drug-likeness (QED) is 0.430. The van der Waals surface area contributed by atoms with E-state index < -0.39 is 5.82 Å². The molecule has 0 radical (unpaired) electrons. The maximum absolute atomic E-state index is 14.3. The lowest BCUT2D eigenvalue weighted by molar-refractivity contribution is -0.133. The van der Waals surface area contributed by atoms with E-state index in [-0.39, 0.29) is 42.2 Å².